The zero-order chi connectivity index (χ0) is 24.7. The van der Waals surface area contributed by atoms with E-state index >= 15 is 0 Å². The third-order valence-electron chi connectivity index (χ3n) is 5.57. The summed E-state index contributed by atoms with van der Waals surface area (Å²) in [6, 6.07) is 12.6. The fourth-order valence-corrected chi connectivity index (χ4v) is 4.94. The number of aromatic hydroxyl groups is 1. The highest BCUT2D eigenvalue weighted by Crippen LogP contribution is 2.33. The Morgan fingerprint density at radius 2 is 1.94 bits per heavy atom. The molecule has 0 aliphatic heterocycles. The minimum Gasteiger partial charge on any atom is -0.506 e. The highest BCUT2D eigenvalue weighted by molar-refractivity contribution is 7.95. The predicted octanol–water partition coefficient (Wildman–Crippen LogP) is 3.18. The van der Waals surface area contributed by atoms with Crippen molar-refractivity contribution in [2.75, 3.05) is 16.6 Å². The second kappa shape index (κ2) is 8.40. The van der Waals surface area contributed by atoms with Crippen molar-refractivity contribution in [2.45, 2.75) is 6.54 Å². The lowest BCUT2D eigenvalue weighted by Crippen LogP contribution is -2.32. The van der Waals surface area contributed by atoms with E-state index in [0.29, 0.717) is 33.4 Å². The number of sulfonamides is 1. The van der Waals surface area contributed by atoms with Crippen molar-refractivity contribution in [1.82, 2.24) is 24.3 Å². The molecule has 3 N–H and O–H groups in total. The third-order valence-corrected chi connectivity index (χ3v) is 7.00. The van der Waals surface area contributed by atoms with Crippen LogP contribution in [0.5, 0.6) is 5.75 Å². The Morgan fingerprint density at radius 3 is 2.69 bits per heavy atom. The lowest BCUT2D eigenvalue weighted by Gasteiger charge is -2.22. The first-order valence-corrected chi connectivity index (χ1v) is 12.0. The van der Waals surface area contributed by atoms with E-state index in [2.05, 4.69) is 21.6 Å². The van der Waals surface area contributed by atoms with Gasteiger partial charge in [0.2, 0.25) is 0 Å². The number of para-hydroxylation sites is 1. The molecule has 0 fully saturated rings. The first kappa shape index (κ1) is 22.3. The second-order valence-electron chi connectivity index (χ2n) is 7.67. The fraction of sp³-hybridized carbons (Fsp3) is 0.0870. The number of benzene rings is 2. The number of phenolic OH excluding ortho intramolecular Hbond substituents is 1. The summed E-state index contributed by atoms with van der Waals surface area (Å²) in [6.45, 7) is 3.58. The van der Waals surface area contributed by atoms with Crippen molar-refractivity contribution in [3.05, 3.63) is 78.9 Å². The number of anilines is 2. The van der Waals surface area contributed by atoms with Crippen LogP contribution in [0, 0.1) is 5.82 Å². The highest BCUT2D eigenvalue weighted by atomic mass is 32.2. The smallest absolute Gasteiger partial charge is 0.256 e. The van der Waals surface area contributed by atoms with Gasteiger partial charge in [-0.2, -0.15) is 5.10 Å². The molecule has 0 aliphatic carbocycles. The van der Waals surface area contributed by atoms with E-state index in [1.807, 2.05) is 0 Å². The van der Waals surface area contributed by atoms with Gasteiger partial charge in [0.1, 0.15) is 29.1 Å². The lowest BCUT2D eigenvalue weighted by atomic mass is 10.2. The van der Waals surface area contributed by atoms with Crippen LogP contribution < -0.4 is 10.0 Å². The molecule has 0 bridgehead atoms. The van der Waals surface area contributed by atoms with Crippen LogP contribution in [-0.4, -0.2) is 44.4 Å². The topological polar surface area (TPSA) is 132 Å². The molecule has 3 aromatic heterocycles. The Kier molecular flexibility index (Phi) is 5.36. The van der Waals surface area contributed by atoms with E-state index in [9.17, 15) is 17.9 Å². The fourth-order valence-electron chi connectivity index (χ4n) is 4.01. The Hall–Kier alpha value is -4.45. The quantitative estimate of drug-likeness (QED) is 0.356. The van der Waals surface area contributed by atoms with Crippen LogP contribution in [0.15, 0.2) is 73.0 Å². The molecule has 0 aliphatic rings. The number of rotatable bonds is 7. The van der Waals surface area contributed by atoms with Crippen molar-refractivity contribution in [2.24, 2.45) is 0 Å². The zero-order valence-corrected chi connectivity index (χ0v) is 19.1. The first-order chi connectivity index (χ1) is 16.8. The minimum absolute atomic E-state index is 0.0291. The van der Waals surface area contributed by atoms with Gasteiger partial charge in [-0.25, -0.2) is 27.5 Å². The van der Waals surface area contributed by atoms with Gasteiger partial charge in [-0.1, -0.05) is 24.8 Å². The Labute approximate surface area is 199 Å². The third kappa shape index (κ3) is 3.83. The molecule has 12 heteroatoms. The van der Waals surface area contributed by atoms with Crippen LogP contribution in [0.4, 0.5) is 15.9 Å². The van der Waals surface area contributed by atoms with Gasteiger partial charge in [0, 0.05) is 23.1 Å². The molecule has 0 saturated carbocycles. The lowest BCUT2D eigenvalue weighted by molar-refractivity contribution is 0.473. The van der Waals surface area contributed by atoms with Gasteiger partial charge in [0.05, 0.1) is 24.3 Å². The molecule has 2 aromatic carbocycles. The molecular weight excluding hydrogens is 473 g/mol. The average Bonchev–Trinajstić information content (AvgIpc) is 3.42. The van der Waals surface area contributed by atoms with E-state index in [1.54, 1.807) is 47.2 Å². The maximum absolute atomic E-state index is 13.8. The minimum atomic E-state index is -3.79. The van der Waals surface area contributed by atoms with Gasteiger partial charge in [0.25, 0.3) is 10.0 Å². The normalized spacial score (nSPS) is 11.8. The monoisotopic (exact) mass is 493 g/mol. The summed E-state index contributed by atoms with van der Waals surface area (Å²) < 4.78 is 43.5. The molecule has 35 heavy (non-hydrogen) atoms. The highest BCUT2D eigenvalue weighted by Gasteiger charge is 2.23. The number of hydrogen-bond donors (Lipinski definition) is 2. The van der Waals surface area contributed by atoms with Crippen LogP contribution in [0.1, 0.15) is 0 Å². The van der Waals surface area contributed by atoms with Crippen molar-refractivity contribution in [3.8, 4) is 11.6 Å². The Bertz CT molecular complexity index is 1680. The summed E-state index contributed by atoms with van der Waals surface area (Å²) in [5.74, 6) is -0.378. The molecule has 0 amide bonds. The van der Waals surface area contributed by atoms with Gasteiger partial charge in [0.15, 0.2) is 11.5 Å². The van der Waals surface area contributed by atoms with Crippen molar-refractivity contribution in [1.29, 1.82) is 0 Å². The molecule has 0 saturated heterocycles. The largest absolute Gasteiger partial charge is 0.506 e. The molecule has 5 aromatic rings. The number of nitrogens with zero attached hydrogens (tertiary/aromatic N) is 6. The SMILES string of the molecule is C=CS(=O)(=O)N(CCn1nc(-n2ccc3cc(F)cc(O)c32)c2c(N)ncnc21)c1ccccc1. The summed E-state index contributed by atoms with van der Waals surface area (Å²) in [6.07, 6.45) is 2.91. The van der Waals surface area contributed by atoms with Crippen molar-refractivity contribution >= 4 is 43.5 Å². The van der Waals surface area contributed by atoms with Crippen molar-refractivity contribution < 1.29 is 17.9 Å². The molecule has 3 heterocycles. The van der Waals surface area contributed by atoms with Crippen LogP contribution in [0.2, 0.25) is 0 Å². The molecule has 0 radical (unpaired) electrons. The summed E-state index contributed by atoms with van der Waals surface area (Å²) >= 11 is 0. The summed E-state index contributed by atoms with van der Waals surface area (Å²) in [4.78, 5) is 8.37. The van der Waals surface area contributed by atoms with E-state index in [1.165, 1.54) is 21.4 Å². The number of fused-ring (bicyclic) bond motifs is 2. The van der Waals surface area contributed by atoms with Crippen molar-refractivity contribution in [3.63, 3.8) is 0 Å². The predicted molar refractivity (Wildman–Crippen MR) is 131 cm³/mol. The Morgan fingerprint density at radius 1 is 1.17 bits per heavy atom. The molecule has 0 atom stereocenters. The first-order valence-electron chi connectivity index (χ1n) is 10.5. The van der Waals surface area contributed by atoms with Gasteiger partial charge in [-0.05, 0) is 24.3 Å². The van der Waals surface area contributed by atoms with Crippen LogP contribution in [0.3, 0.4) is 0 Å². The number of aromatic nitrogens is 5. The molecule has 5 rings (SSSR count). The molecule has 178 valence electrons. The number of nitrogen functional groups attached to an aromatic ring is 1. The van der Waals surface area contributed by atoms with E-state index < -0.39 is 15.8 Å². The van der Waals surface area contributed by atoms with E-state index in [4.69, 9.17) is 5.73 Å². The van der Waals surface area contributed by atoms with Gasteiger partial charge in [-0.15, -0.1) is 0 Å². The number of nitrogens with two attached hydrogens (primary N) is 1. The van der Waals surface area contributed by atoms with Crippen LogP contribution >= 0.6 is 0 Å². The van der Waals surface area contributed by atoms with Crippen LogP contribution in [-0.2, 0) is 16.6 Å². The van der Waals surface area contributed by atoms with Gasteiger partial charge < -0.3 is 10.8 Å². The number of halogens is 1. The van der Waals surface area contributed by atoms with Gasteiger partial charge >= 0.3 is 0 Å². The summed E-state index contributed by atoms with van der Waals surface area (Å²) in [7, 11) is -3.79. The molecule has 10 nitrogen and oxygen atoms in total. The summed E-state index contributed by atoms with van der Waals surface area (Å²) in [5, 5.41) is 16.8. The van der Waals surface area contributed by atoms with Gasteiger partial charge in [-0.3, -0.25) is 8.87 Å². The van der Waals surface area contributed by atoms with E-state index in [0.717, 1.165) is 11.5 Å². The van der Waals surface area contributed by atoms with Crippen LogP contribution in [0.25, 0.3) is 27.8 Å². The maximum atomic E-state index is 13.8. The van der Waals surface area contributed by atoms with E-state index in [-0.39, 0.29) is 24.7 Å². The molecule has 0 spiro atoms. The number of hydrogen-bond acceptors (Lipinski definition) is 7. The Balaban J connectivity index is 1.62. The summed E-state index contributed by atoms with van der Waals surface area (Å²) in [5.41, 5.74) is 7.34. The maximum Gasteiger partial charge on any atom is 0.256 e. The second-order valence-corrected chi connectivity index (χ2v) is 9.48. The average molecular weight is 494 g/mol. The standard InChI is InChI=1S/C23H20FN7O3S/c1-2-35(33,34)31(17-6-4-3-5-7-17)11-10-30-22-19(21(25)26-14-27-22)23(28-30)29-9-8-15-12-16(24)13-18(32)20(15)29/h2-9,12-14,32H,1,10-11H2,(H2,25,26,27). The molecular formula is C23H20FN7O3S. The zero-order valence-electron chi connectivity index (χ0n) is 18.3. The molecule has 0 unspecified atom stereocenters. The number of phenols is 1.